The lowest BCUT2D eigenvalue weighted by Crippen LogP contribution is -2.33. The maximum absolute atomic E-state index is 13.1. The minimum absolute atomic E-state index is 0. The summed E-state index contributed by atoms with van der Waals surface area (Å²) in [5.41, 5.74) is 5.48. The molecule has 6 heteroatoms. The molecule has 0 aliphatic rings. The Labute approximate surface area is 98.0 Å². The van der Waals surface area contributed by atoms with Crippen molar-refractivity contribution in [2.45, 2.75) is 12.5 Å². The molecule has 3 nitrogen and oxygen atoms in total. The van der Waals surface area contributed by atoms with Crippen molar-refractivity contribution in [3.63, 3.8) is 0 Å². The molecule has 2 N–H and O–H groups in total. The van der Waals surface area contributed by atoms with Crippen LogP contribution in [0.2, 0.25) is 0 Å². The van der Waals surface area contributed by atoms with Crippen molar-refractivity contribution in [1.29, 1.82) is 0 Å². The van der Waals surface area contributed by atoms with E-state index in [2.05, 4.69) is 4.74 Å². The molecule has 0 amide bonds. The summed E-state index contributed by atoms with van der Waals surface area (Å²) >= 11 is 0. The average molecular weight is 252 g/mol. The number of carbonyl (C=O) groups is 1. The quantitative estimate of drug-likeness (QED) is 0.827. The van der Waals surface area contributed by atoms with E-state index in [0.29, 0.717) is 0 Å². The van der Waals surface area contributed by atoms with Gasteiger partial charge in [-0.15, -0.1) is 12.4 Å². The van der Waals surface area contributed by atoms with Crippen molar-refractivity contribution >= 4 is 18.4 Å². The van der Waals surface area contributed by atoms with Crippen LogP contribution in [0.4, 0.5) is 8.78 Å². The molecule has 0 fully saturated rings. The molecule has 0 saturated carbocycles. The van der Waals surface area contributed by atoms with Gasteiger partial charge in [-0.3, -0.25) is 4.79 Å². The summed E-state index contributed by atoms with van der Waals surface area (Å²) in [6.07, 6.45) is -0.0870. The Kier molecular flexibility index (Phi) is 5.92. The van der Waals surface area contributed by atoms with Gasteiger partial charge in [0.05, 0.1) is 7.11 Å². The second kappa shape index (κ2) is 6.40. The lowest BCUT2D eigenvalue weighted by atomic mass is 10.1. The summed E-state index contributed by atoms with van der Waals surface area (Å²) < 4.78 is 30.3. The monoisotopic (exact) mass is 251 g/mol. The van der Waals surface area contributed by atoms with Crippen molar-refractivity contribution in [3.8, 4) is 0 Å². The van der Waals surface area contributed by atoms with Crippen LogP contribution in [0.1, 0.15) is 5.56 Å². The number of nitrogens with two attached hydrogens (primary N) is 1. The Morgan fingerprint density at radius 1 is 1.50 bits per heavy atom. The number of esters is 1. The van der Waals surface area contributed by atoms with Crippen molar-refractivity contribution < 1.29 is 18.3 Å². The second-order valence-electron chi connectivity index (χ2n) is 3.07. The van der Waals surface area contributed by atoms with Gasteiger partial charge < -0.3 is 10.5 Å². The maximum atomic E-state index is 13.1. The number of methoxy groups -OCH3 is 1. The van der Waals surface area contributed by atoms with Crippen molar-refractivity contribution in [1.82, 2.24) is 0 Å². The number of ether oxygens (including phenoxy) is 1. The van der Waals surface area contributed by atoms with Crippen molar-refractivity contribution in [2.75, 3.05) is 7.11 Å². The van der Waals surface area contributed by atoms with Crippen LogP contribution in [0, 0.1) is 11.6 Å². The van der Waals surface area contributed by atoms with E-state index in [1.54, 1.807) is 0 Å². The predicted molar refractivity (Wildman–Crippen MR) is 57.3 cm³/mol. The number of rotatable bonds is 3. The highest BCUT2D eigenvalue weighted by atomic mass is 35.5. The number of carbonyl (C=O) groups excluding carboxylic acids is 1. The van der Waals surface area contributed by atoms with E-state index in [1.807, 2.05) is 0 Å². The Balaban J connectivity index is 0.00000225. The first kappa shape index (κ1) is 14.8. The van der Waals surface area contributed by atoms with E-state index < -0.39 is 23.6 Å². The van der Waals surface area contributed by atoms with E-state index in [0.717, 1.165) is 18.2 Å². The zero-order chi connectivity index (χ0) is 11.4. The average Bonchev–Trinajstić information content (AvgIpc) is 2.22. The molecule has 1 aromatic carbocycles. The molecule has 1 atom stereocenters. The fourth-order valence-corrected chi connectivity index (χ4v) is 1.17. The second-order valence-corrected chi connectivity index (χ2v) is 3.07. The smallest absolute Gasteiger partial charge is 0.322 e. The molecule has 0 saturated heterocycles. The summed E-state index contributed by atoms with van der Waals surface area (Å²) in [6.45, 7) is 0. The van der Waals surface area contributed by atoms with Gasteiger partial charge >= 0.3 is 5.97 Å². The van der Waals surface area contributed by atoms with E-state index in [1.165, 1.54) is 7.11 Å². The van der Waals surface area contributed by atoms with Gasteiger partial charge in [-0.25, -0.2) is 8.78 Å². The lowest BCUT2D eigenvalue weighted by molar-refractivity contribution is -0.142. The summed E-state index contributed by atoms with van der Waals surface area (Å²) in [5, 5.41) is 0. The zero-order valence-electron chi connectivity index (χ0n) is 8.57. The van der Waals surface area contributed by atoms with Gasteiger partial charge in [0.2, 0.25) is 0 Å². The highest BCUT2D eigenvalue weighted by molar-refractivity contribution is 5.85. The molecule has 0 aromatic heterocycles. The Bertz CT molecular complexity index is 374. The number of hydrogen-bond acceptors (Lipinski definition) is 3. The number of halogens is 3. The molecule has 90 valence electrons. The van der Waals surface area contributed by atoms with Gasteiger partial charge in [0.15, 0.2) is 0 Å². The largest absolute Gasteiger partial charge is 0.468 e. The third kappa shape index (κ3) is 3.75. The standard InChI is InChI=1S/C10H11F2NO2.ClH/c1-15-10(14)9(13)5-6-4-7(11)2-3-8(6)12;/h2-4,9H,5,13H2,1H3;1H. The predicted octanol–water partition coefficient (Wildman–Crippen LogP) is 1.43. The molecular weight excluding hydrogens is 240 g/mol. The van der Waals surface area contributed by atoms with Gasteiger partial charge in [-0.05, 0) is 23.8 Å². The zero-order valence-corrected chi connectivity index (χ0v) is 9.39. The third-order valence-corrected chi connectivity index (χ3v) is 1.95. The fraction of sp³-hybridized carbons (Fsp3) is 0.300. The molecule has 0 spiro atoms. The molecule has 0 radical (unpaired) electrons. The van der Waals surface area contributed by atoms with Gasteiger partial charge in [0, 0.05) is 6.42 Å². The first-order chi connectivity index (χ1) is 7.04. The van der Waals surface area contributed by atoms with E-state index in [4.69, 9.17) is 5.73 Å². The Morgan fingerprint density at radius 2 is 2.12 bits per heavy atom. The molecule has 0 bridgehead atoms. The van der Waals surface area contributed by atoms with Crippen LogP contribution in [0.3, 0.4) is 0 Å². The lowest BCUT2D eigenvalue weighted by Gasteiger charge is -2.09. The van der Waals surface area contributed by atoms with E-state index in [9.17, 15) is 13.6 Å². The van der Waals surface area contributed by atoms with Gasteiger partial charge in [0.1, 0.15) is 17.7 Å². The van der Waals surface area contributed by atoms with E-state index >= 15 is 0 Å². The Hall–Kier alpha value is -1.20. The highest BCUT2D eigenvalue weighted by Crippen LogP contribution is 2.11. The van der Waals surface area contributed by atoms with Gasteiger partial charge in [-0.1, -0.05) is 0 Å². The molecule has 1 rings (SSSR count). The van der Waals surface area contributed by atoms with Gasteiger partial charge in [-0.2, -0.15) is 0 Å². The molecule has 0 heterocycles. The third-order valence-electron chi connectivity index (χ3n) is 1.95. The molecule has 1 unspecified atom stereocenters. The van der Waals surface area contributed by atoms with Crippen LogP contribution in [0.25, 0.3) is 0 Å². The topological polar surface area (TPSA) is 52.3 Å². The van der Waals surface area contributed by atoms with Crippen molar-refractivity contribution in [3.05, 3.63) is 35.4 Å². The van der Waals surface area contributed by atoms with Crippen LogP contribution in [0.15, 0.2) is 18.2 Å². The van der Waals surface area contributed by atoms with Crippen LogP contribution in [0.5, 0.6) is 0 Å². The Morgan fingerprint density at radius 3 is 2.69 bits per heavy atom. The van der Waals surface area contributed by atoms with Gasteiger partial charge in [0.25, 0.3) is 0 Å². The fourth-order valence-electron chi connectivity index (χ4n) is 1.17. The molecule has 0 aliphatic carbocycles. The van der Waals surface area contributed by atoms with Crippen LogP contribution in [-0.2, 0) is 16.0 Å². The number of benzene rings is 1. The van der Waals surface area contributed by atoms with Crippen LogP contribution < -0.4 is 5.73 Å². The minimum Gasteiger partial charge on any atom is -0.468 e. The molecule has 1 aromatic rings. The normalized spacial score (nSPS) is 11.5. The van der Waals surface area contributed by atoms with Crippen LogP contribution >= 0.6 is 12.4 Å². The summed E-state index contributed by atoms with van der Waals surface area (Å²) in [7, 11) is 1.18. The summed E-state index contributed by atoms with van der Waals surface area (Å²) in [4.78, 5) is 10.9. The first-order valence-electron chi connectivity index (χ1n) is 4.32. The minimum atomic E-state index is -0.980. The highest BCUT2D eigenvalue weighted by Gasteiger charge is 2.16. The van der Waals surface area contributed by atoms with Crippen LogP contribution in [-0.4, -0.2) is 19.1 Å². The molecular formula is C10H12ClF2NO2. The number of hydrogen-bond donors (Lipinski definition) is 1. The molecule has 16 heavy (non-hydrogen) atoms. The van der Waals surface area contributed by atoms with Crippen molar-refractivity contribution in [2.24, 2.45) is 5.73 Å². The SMILES string of the molecule is COC(=O)C(N)Cc1cc(F)ccc1F.Cl. The molecule has 0 aliphatic heterocycles. The maximum Gasteiger partial charge on any atom is 0.322 e. The summed E-state index contributed by atoms with van der Waals surface area (Å²) in [5.74, 6) is -1.81. The summed E-state index contributed by atoms with van der Waals surface area (Å²) in [6, 6.07) is 2.03. The first-order valence-corrected chi connectivity index (χ1v) is 4.32. The van der Waals surface area contributed by atoms with E-state index in [-0.39, 0.29) is 24.4 Å².